The number of aliphatic carboxylic acids is 2. The van der Waals surface area contributed by atoms with Gasteiger partial charge in [-0.25, -0.2) is 4.98 Å². The second-order valence-corrected chi connectivity index (χ2v) is 7.49. The molecular formula is C17H26N6O7S. The van der Waals surface area contributed by atoms with Crippen LogP contribution in [0.5, 0.6) is 0 Å². The molecule has 172 valence electrons. The van der Waals surface area contributed by atoms with E-state index in [0.29, 0.717) is 17.9 Å². The average molecular weight is 458 g/mol. The number of carboxylic acid groups (broad SMARTS) is 2. The van der Waals surface area contributed by atoms with Gasteiger partial charge in [0.1, 0.15) is 18.6 Å². The Morgan fingerprint density at radius 2 is 1.77 bits per heavy atom. The number of nitrogens with one attached hydrogen (secondary N) is 4. The predicted molar refractivity (Wildman–Crippen MR) is 110 cm³/mol. The fraction of sp³-hybridized carbons (Fsp3) is 0.529. The smallest absolute Gasteiger partial charge is 0.322 e. The number of carboxylic acids is 2. The Labute approximate surface area is 181 Å². The molecule has 0 spiro atoms. The van der Waals surface area contributed by atoms with Crippen LogP contribution >= 0.6 is 11.8 Å². The van der Waals surface area contributed by atoms with Gasteiger partial charge in [-0.2, -0.15) is 11.8 Å². The van der Waals surface area contributed by atoms with Gasteiger partial charge in [-0.3, -0.25) is 24.0 Å². The molecular weight excluding hydrogens is 432 g/mol. The summed E-state index contributed by atoms with van der Waals surface area (Å²) >= 11 is 1.48. The molecule has 13 nitrogen and oxygen atoms in total. The van der Waals surface area contributed by atoms with Gasteiger partial charge in [0.15, 0.2) is 0 Å². The number of thioether (sulfide) groups is 1. The first kappa shape index (κ1) is 25.9. The Morgan fingerprint density at radius 3 is 2.32 bits per heavy atom. The van der Waals surface area contributed by atoms with Crippen molar-refractivity contribution in [2.45, 2.75) is 37.4 Å². The third-order valence-electron chi connectivity index (χ3n) is 4.01. The highest BCUT2D eigenvalue weighted by Crippen LogP contribution is 2.03. The fourth-order valence-corrected chi connectivity index (χ4v) is 2.91. The van der Waals surface area contributed by atoms with Gasteiger partial charge in [0.2, 0.25) is 17.7 Å². The fourth-order valence-electron chi connectivity index (χ4n) is 2.42. The van der Waals surface area contributed by atoms with Crippen molar-refractivity contribution in [3.8, 4) is 0 Å². The third kappa shape index (κ3) is 9.95. The highest BCUT2D eigenvalue weighted by atomic mass is 32.2. The largest absolute Gasteiger partial charge is 0.481 e. The first-order valence-corrected chi connectivity index (χ1v) is 10.6. The number of carbonyl (C=O) groups excluding carboxylic acids is 3. The van der Waals surface area contributed by atoms with E-state index in [1.165, 1.54) is 24.3 Å². The zero-order valence-corrected chi connectivity index (χ0v) is 17.6. The van der Waals surface area contributed by atoms with Crippen molar-refractivity contribution >= 4 is 41.4 Å². The van der Waals surface area contributed by atoms with E-state index in [0.717, 1.165) is 0 Å². The minimum absolute atomic E-state index is 0.0713. The van der Waals surface area contributed by atoms with E-state index in [-0.39, 0.29) is 6.42 Å². The van der Waals surface area contributed by atoms with Gasteiger partial charge in [0.25, 0.3) is 0 Å². The maximum absolute atomic E-state index is 12.7. The topological polar surface area (TPSA) is 217 Å². The predicted octanol–water partition coefficient (Wildman–Crippen LogP) is -2.32. The highest BCUT2D eigenvalue weighted by Gasteiger charge is 2.30. The second kappa shape index (κ2) is 13.2. The SMILES string of the molecule is CSCCC(N)C(=O)NC(CC(=O)O)C(=O)NC(Cc1cnc[nH]1)C(=O)NCC(=O)O. The standard InChI is InChI=1S/C17H26N6O7S/c1-31-3-2-10(18)15(28)22-12(5-13(24)25)17(30)23-11(4-9-6-19-8-21-9)16(29)20-7-14(26)27/h6,8,10-12H,2-5,7,18H2,1H3,(H,19,21)(H,20,29)(H,22,28)(H,23,30)(H,24,25)(H,26,27). The van der Waals surface area contributed by atoms with E-state index < -0.39 is 60.8 Å². The van der Waals surface area contributed by atoms with Gasteiger partial charge < -0.3 is 36.9 Å². The van der Waals surface area contributed by atoms with E-state index in [4.69, 9.17) is 15.9 Å². The number of rotatable bonds is 14. The van der Waals surface area contributed by atoms with Crippen LogP contribution in [0.25, 0.3) is 0 Å². The summed E-state index contributed by atoms with van der Waals surface area (Å²) in [5, 5.41) is 24.6. The van der Waals surface area contributed by atoms with E-state index in [1.807, 2.05) is 6.26 Å². The monoisotopic (exact) mass is 458 g/mol. The lowest BCUT2D eigenvalue weighted by atomic mass is 10.1. The van der Waals surface area contributed by atoms with Gasteiger partial charge >= 0.3 is 11.9 Å². The number of aromatic nitrogens is 2. The molecule has 1 aromatic rings. The summed E-state index contributed by atoms with van der Waals surface area (Å²) in [5.41, 5.74) is 6.22. The number of nitrogens with zero attached hydrogens (tertiary/aromatic N) is 1. The Kier molecular flexibility index (Phi) is 11.1. The van der Waals surface area contributed by atoms with Gasteiger partial charge in [-0.15, -0.1) is 0 Å². The van der Waals surface area contributed by atoms with Crippen LogP contribution in [0.2, 0.25) is 0 Å². The maximum atomic E-state index is 12.7. The van der Waals surface area contributed by atoms with Crippen molar-refractivity contribution < 1.29 is 34.2 Å². The van der Waals surface area contributed by atoms with Crippen molar-refractivity contribution in [2.75, 3.05) is 18.6 Å². The molecule has 1 heterocycles. The molecule has 3 atom stereocenters. The first-order valence-electron chi connectivity index (χ1n) is 9.17. The quantitative estimate of drug-likeness (QED) is 0.158. The minimum Gasteiger partial charge on any atom is -0.481 e. The average Bonchev–Trinajstić information content (AvgIpc) is 3.21. The molecule has 8 N–H and O–H groups in total. The highest BCUT2D eigenvalue weighted by molar-refractivity contribution is 7.98. The molecule has 0 bridgehead atoms. The number of carbonyl (C=O) groups is 5. The van der Waals surface area contributed by atoms with Crippen molar-refractivity contribution in [1.82, 2.24) is 25.9 Å². The first-order chi connectivity index (χ1) is 14.6. The molecule has 1 aromatic heterocycles. The summed E-state index contributed by atoms with van der Waals surface area (Å²) in [6.45, 7) is -0.673. The van der Waals surface area contributed by atoms with Crippen molar-refractivity contribution in [1.29, 1.82) is 0 Å². The van der Waals surface area contributed by atoms with Crippen LogP contribution < -0.4 is 21.7 Å². The van der Waals surface area contributed by atoms with E-state index in [2.05, 4.69) is 25.9 Å². The van der Waals surface area contributed by atoms with Crippen LogP contribution in [0.1, 0.15) is 18.5 Å². The van der Waals surface area contributed by atoms with Gasteiger partial charge in [0, 0.05) is 18.3 Å². The zero-order chi connectivity index (χ0) is 23.4. The Hall–Kier alpha value is -3.13. The number of nitrogens with two attached hydrogens (primary N) is 1. The molecule has 0 aromatic carbocycles. The van der Waals surface area contributed by atoms with Crippen LogP contribution in [-0.2, 0) is 30.4 Å². The Balaban J connectivity index is 2.91. The molecule has 0 aliphatic heterocycles. The maximum Gasteiger partial charge on any atom is 0.322 e. The summed E-state index contributed by atoms with van der Waals surface area (Å²) in [7, 11) is 0. The lowest BCUT2D eigenvalue weighted by molar-refractivity contribution is -0.141. The van der Waals surface area contributed by atoms with E-state index in [1.54, 1.807) is 0 Å². The molecule has 14 heteroatoms. The molecule has 0 saturated heterocycles. The Bertz CT molecular complexity index is 773. The molecule has 0 fully saturated rings. The number of hydrogen-bond donors (Lipinski definition) is 7. The lowest BCUT2D eigenvalue weighted by Crippen LogP contribution is -2.57. The third-order valence-corrected chi connectivity index (χ3v) is 4.65. The summed E-state index contributed by atoms with van der Waals surface area (Å²) < 4.78 is 0. The van der Waals surface area contributed by atoms with Crippen LogP contribution in [0.4, 0.5) is 0 Å². The number of H-pyrrole nitrogens is 1. The second-order valence-electron chi connectivity index (χ2n) is 6.50. The summed E-state index contributed by atoms with van der Waals surface area (Å²) in [6.07, 6.45) is 4.12. The summed E-state index contributed by atoms with van der Waals surface area (Å²) in [5.74, 6) is -4.46. The zero-order valence-electron chi connectivity index (χ0n) is 16.8. The van der Waals surface area contributed by atoms with Crippen molar-refractivity contribution in [3.63, 3.8) is 0 Å². The number of hydrogen-bond acceptors (Lipinski definition) is 8. The van der Waals surface area contributed by atoms with E-state index in [9.17, 15) is 24.0 Å². The molecule has 3 amide bonds. The Morgan fingerprint density at radius 1 is 1.10 bits per heavy atom. The summed E-state index contributed by atoms with van der Waals surface area (Å²) in [4.78, 5) is 65.7. The van der Waals surface area contributed by atoms with Crippen molar-refractivity contribution in [3.05, 3.63) is 18.2 Å². The molecule has 3 unspecified atom stereocenters. The van der Waals surface area contributed by atoms with Gasteiger partial charge in [-0.1, -0.05) is 0 Å². The molecule has 0 aliphatic rings. The molecule has 0 saturated carbocycles. The lowest BCUT2D eigenvalue weighted by Gasteiger charge is -2.23. The molecule has 31 heavy (non-hydrogen) atoms. The van der Waals surface area contributed by atoms with Gasteiger partial charge in [-0.05, 0) is 18.4 Å². The van der Waals surface area contributed by atoms with E-state index >= 15 is 0 Å². The van der Waals surface area contributed by atoms with Crippen LogP contribution in [0.15, 0.2) is 12.5 Å². The van der Waals surface area contributed by atoms with Crippen LogP contribution in [-0.4, -0.2) is 86.5 Å². The molecule has 1 rings (SSSR count). The summed E-state index contributed by atoms with van der Waals surface area (Å²) in [6, 6.07) is -3.66. The number of amides is 3. The molecule has 0 radical (unpaired) electrons. The minimum atomic E-state index is -1.48. The van der Waals surface area contributed by atoms with Gasteiger partial charge in [0.05, 0.1) is 18.8 Å². The van der Waals surface area contributed by atoms with Crippen LogP contribution in [0.3, 0.4) is 0 Å². The number of imidazole rings is 1. The van der Waals surface area contributed by atoms with Crippen LogP contribution in [0, 0.1) is 0 Å². The molecule has 0 aliphatic carbocycles. The normalized spacial score (nSPS) is 13.5. The van der Waals surface area contributed by atoms with Crippen molar-refractivity contribution in [2.24, 2.45) is 5.73 Å². The number of aromatic amines is 1.